The molecule has 0 fully saturated rings. The summed E-state index contributed by atoms with van der Waals surface area (Å²) in [6.45, 7) is 0. The summed E-state index contributed by atoms with van der Waals surface area (Å²) in [6, 6.07) is 10.1. The first kappa shape index (κ1) is 11.5. The van der Waals surface area contributed by atoms with E-state index >= 15 is 0 Å². The second-order valence-electron chi connectivity index (χ2n) is 3.78. The molecule has 90 valence electrons. The van der Waals surface area contributed by atoms with Crippen molar-refractivity contribution in [1.29, 1.82) is 0 Å². The molecular weight excluding hydrogens is 341 g/mol. The monoisotopic (exact) mass is 351 g/mol. The molecule has 3 aromatic rings. The Morgan fingerprint density at radius 2 is 2.00 bits per heavy atom. The summed E-state index contributed by atoms with van der Waals surface area (Å²) in [4.78, 5) is 8.79. The van der Waals surface area contributed by atoms with Crippen LogP contribution in [0.25, 0.3) is 16.9 Å². The third-order valence-electron chi connectivity index (χ3n) is 2.69. The number of ether oxygens (including phenoxy) is 1. The highest BCUT2D eigenvalue weighted by Gasteiger charge is 2.11. The lowest BCUT2D eigenvalue weighted by Gasteiger charge is -2.05. The van der Waals surface area contributed by atoms with Crippen molar-refractivity contribution in [1.82, 2.24) is 14.4 Å². The van der Waals surface area contributed by atoms with Gasteiger partial charge in [-0.15, -0.1) is 0 Å². The van der Waals surface area contributed by atoms with Crippen molar-refractivity contribution in [3.05, 3.63) is 46.4 Å². The average Bonchev–Trinajstić information content (AvgIpc) is 2.82. The summed E-state index contributed by atoms with van der Waals surface area (Å²) in [5.74, 6) is 1.49. The fourth-order valence-corrected chi connectivity index (χ4v) is 2.39. The lowest BCUT2D eigenvalue weighted by Crippen LogP contribution is -1.97. The molecule has 2 heterocycles. The van der Waals surface area contributed by atoms with E-state index in [0.717, 1.165) is 20.6 Å². The molecule has 0 N–H and O–H groups in total. The van der Waals surface area contributed by atoms with Gasteiger partial charge in [-0.25, -0.2) is 9.97 Å². The molecule has 2 aromatic heterocycles. The van der Waals surface area contributed by atoms with Crippen molar-refractivity contribution in [2.45, 2.75) is 0 Å². The summed E-state index contributed by atoms with van der Waals surface area (Å²) in [5.41, 5.74) is 1.94. The van der Waals surface area contributed by atoms with Gasteiger partial charge in [-0.3, -0.25) is 4.40 Å². The average molecular weight is 351 g/mol. The Labute approximate surface area is 118 Å². The van der Waals surface area contributed by atoms with Gasteiger partial charge < -0.3 is 4.74 Å². The molecular formula is C13H10IN3O. The maximum absolute atomic E-state index is 5.28. The molecule has 0 saturated carbocycles. The molecule has 3 rings (SSSR count). The van der Waals surface area contributed by atoms with Crippen LogP contribution in [0.1, 0.15) is 0 Å². The lowest BCUT2D eigenvalue weighted by molar-refractivity contribution is 0.400. The number of fused-ring (bicyclic) bond motifs is 1. The number of halogens is 1. The number of aromatic nitrogens is 3. The molecule has 0 spiro atoms. The predicted octanol–water partition coefficient (Wildman–Crippen LogP) is 3.01. The molecule has 0 atom stereocenters. The minimum absolute atomic E-state index is 0.594. The minimum Gasteiger partial charge on any atom is -0.479 e. The number of nitrogens with zero attached hydrogens (tertiary/aromatic N) is 3. The van der Waals surface area contributed by atoms with Crippen LogP contribution in [0.4, 0.5) is 0 Å². The molecule has 1 aromatic carbocycles. The Hall–Kier alpha value is -1.63. The largest absolute Gasteiger partial charge is 0.479 e. The van der Waals surface area contributed by atoms with Crippen LogP contribution in [0.2, 0.25) is 0 Å². The predicted molar refractivity (Wildman–Crippen MR) is 77.7 cm³/mol. The van der Waals surface area contributed by atoms with Crippen LogP contribution in [-0.4, -0.2) is 21.5 Å². The molecule has 4 nitrogen and oxygen atoms in total. The highest BCUT2D eigenvalue weighted by molar-refractivity contribution is 14.1. The van der Waals surface area contributed by atoms with Crippen molar-refractivity contribution in [3.63, 3.8) is 0 Å². The molecule has 0 saturated heterocycles. The van der Waals surface area contributed by atoms with Gasteiger partial charge in [-0.2, -0.15) is 0 Å². The normalized spacial score (nSPS) is 10.8. The highest BCUT2D eigenvalue weighted by Crippen LogP contribution is 2.25. The molecule has 0 amide bonds. The summed E-state index contributed by atoms with van der Waals surface area (Å²) in [7, 11) is 1.62. The van der Waals surface area contributed by atoms with Crippen LogP contribution in [0.3, 0.4) is 0 Å². The Balaban J connectivity index is 2.30. The van der Waals surface area contributed by atoms with E-state index < -0.39 is 0 Å². The van der Waals surface area contributed by atoms with Crippen LogP contribution in [0.5, 0.6) is 5.88 Å². The maximum Gasteiger partial charge on any atom is 0.240 e. The van der Waals surface area contributed by atoms with E-state index in [9.17, 15) is 0 Å². The van der Waals surface area contributed by atoms with Gasteiger partial charge in [0, 0.05) is 11.8 Å². The van der Waals surface area contributed by atoms with E-state index in [1.165, 1.54) is 0 Å². The first-order valence-corrected chi connectivity index (χ1v) is 6.50. The van der Waals surface area contributed by atoms with Gasteiger partial charge in [0.05, 0.1) is 13.3 Å². The number of hydrogen-bond donors (Lipinski definition) is 0. The molecule has 0 aliphatic heterocycles. The molecule has 0 bridgehead atoms. The Bertz CT molecular complexity index is 694. The Morgan fingerprint density at radius 1 is 1.22 bits per heavy atom. The van der Waals surface area contributed by atoms with E-state index in [-0.39, 0.29) is 0 Å². The summed E-state index contributed by atoms with van der Waals surface area (Å²) in [6.07, 6.45) is 3.73. The first-order valence-electron chi connectivity index (χ1n) is 5.42. The van der Waals surface area contributed by atoms with E-state index in [1.54, 1.807) is 13.3 Å². The molecule has 5 heteroatoms. The SMILES string of the molecule is COc1nc(I)cn2c(-c3ccccc3)ncc12. The van der Waals surface area contributed by atoms with Crippen LogP contribution < -0.4 is 4.74 Å². The summed E-state index contributed by atoms with van der Waals surface area (Å²) in [5, 5.41) is 0. The van der Waals surface area contributed by atoms with Crippen molar-refractivity contribution >= 4 is 28.1 Å². The van der Waals surface area contributed by atoms with Crippen molar-refractivity contribution < 1.29 is 4.74 Å². The zero-order valence-electron chi connectivity index (χ0n) is 9.67. The van der Waals surface area contributed by atoms with E-state index in [4.69, 9.17) is 4.74 Å². The molecule has 0 aliphatic rings. The Morgan fingerprint density at radius 3 is 2.72 bits per heavy atom. The maximum atomic E-state index is 5.28. The quantitative estimate of drug-likeness (QED) is 0.667. The van der Waals surface area contributed by atoms with E-state index in [2.05, 4.69) is 32.6 Å². The van der Waals surface area contributed by atoms with Gasteiger partial charge >= 0.3 is 0 Å². The smallest absolute Gasteiger partial charge is 0.240 e. The Kier molecular flexibility index (Phi) is 2.91. The van der Waals surface area contributed by atoms with Crippen LogP contribution >= 0.6 is 22.6 Å². The molecule has 0 radical (unpaired) electrons. The molecule has 0 aliphatic carbocycles. The summed E-state index contributed by atoms with van der Waals surface area (Å²) >= 11 is 2.17. The molecule has 18 heavy (non-hydrogen) atoms. The zero-order valence-corrected chi connectivity index (χ0v) is 11.8. The van der Waals surface area contributed by atoms with E-state index in [1.807, 2.05) is 40.9 Å². The number of imidazole rings is 1. The fraction of sp³-hybridized carbons (Fsp3) is 0.0769. The minimum atomic E-state index is 0.594. The summed E-state index contributed by atoms with van der Waals surface area (Å²) < 4.78 is 8.15. The van der Waals surface area contributed by atoms with Crippen LogP contribution in [0.15, 0.2) is 42.7 Å². The van der Waals surface area contributed by atoms with Gasteiger partial charge in [-0.1, -0.05) is 30.3 Å². The van der Waals surface area contributed by atoms with Gasteiger partial charge in [0.2, 0.25) is 5.88 Å². The third kappa shape index (κ3) is 1.84. The van der Waals surface area contributed by atoms with Gasteiger partial charge in [-0.05, 0) is 22.6 Å². The first-order chi connectivity index (χ1) is 8.79. The third-order valence-corrected chi connectivity index (χ3v) is 3.21. The number of methoxy groups -OCH3 is 1. The van der Waals surface area contributed by atoms with E-state index in [0.29, 0.717) is 5.88 Å². The zero-order chi connectivity index (χ0) is 12.5. The number of benzene rings is 1. The standard InChI is InChI=1S/C13H10IN3O/c1-18-13-10-7-15-12(9-5-3-2-4-6-9)17(10)8-11(14)16-13/h2-8H,1H3. The second-order valence-corrected chi connectivity index (χ2v) is 4.88. The van der Waals surface area contributed by atoms with Crippen molar-refractivity contribution in [2.75, 3.05) is 7.11 Å². The fourth-order valence-electron chi connectivity index (χ4n) is 1.89. The van der Waals surface area contributed by atoms with Crippen molar-refractivity contribution in [3.8, 4) is 17.3 Å². The van der Waals surface area contributed by atoms with Gasteiger partial charge in [0.15, 0.2) is 0 Å². The van der Waals surface area contributed by atoms with Gasteiger partial charge in [0.1, 0.15) is 15.0 Å². The molecule has 0 unspecified atom stereocenters. The lowest BCUT2D eigenvalue weighted by atomic mass is 10.2. The number of hydrogen-bond acceptors (Lipinski definition) is 3. The van der Waals surface area contributed by atoms with Crippen molar-refractivity contribution in [2.24, 2.45) is 0 Å². The highest BCUT2D eigenvalue weighted by atomic mass is 127. The van der Waals surface area contributed by atoms with Crippen LogP contribution in [-0.2, 0) is 0 Å². The van der Waals surface area contributed by atoms with Crippen LogP contribution in [0, 0.1) is 3.70 Å². The topological polar surface area (TPSA) is 39.4 Å². The number of rotatable bonds is 2. The van der Waals surface area contributed by atoms with Gasteiger partial charge in [0.25, 0.3) is 0 Å². The second kappa shape index (κ2) is 4.56.